The van der Waals surface area contributed by atoms with Gasteiger partial charge in [0.25, 0.3) is 0 Å². The molecular weight excluding hydrogens is 997 g/mol. The highest BCUT2D eigenvalue weighted by Gasteiger charge is 2.19. The number of carbonyl (C=O) groups is 3. The number of ether oxygens (including phenoxy) is 3. The Bertz CT molecular complexity index is 1490. The minimum Gasteiger partial charge on any atom is -0.462 e. The third-order valence-corrected chi connectivity index (χ3v) is 15.7. The van der Waals surface area contributed by atoms with Crippen LogP contribution in [0.25, 0.3) is 0 Å². The van der Waals surface area contributed by atoms with Gasteiger partial charge >= 0.3 is 17.9 Å². The second kappa shape index (κ2) is 69.3. The number of hydrogen-bond acceptors (Lipinski definition) is 6. The van der Waals surface area contributed by atoms with Crippen LogP contribution in [0.15, 0.2) is 72.9 Å². The zero-order valence-electron chi connectivity index (χ0n) is 54.1. The van der Waals surface area contributed by atoms with Crippen LogP contribution in [0.5, 0.6) is 0 Å². The molecule has 0 aromatic rings. The Morgan fingerprint density at radius 3 is 0.765 bits per heavy atom. The maximum atomic E-state index is 12.9. The summed E-state index contributed by atoms with van der Waals surface area (Å²) in [6, 6.07) is 0. The Kier molecular flexibility index (Phi) is 66.6. The highest BCUT2D eigenvalue weighted by atomic mass is 16.6. The van der Waals surface area contributed by atoms with Crippen LogP contribution in [-0.4, -0.2) is 37.2 Å². The van der Waals surface area contributed by atoms with Crippen LogP contribution in [0.3, 0.4) is 0 Å². The summed E-state index contributed by atoms with van der Waals surface area (Å²) in [6.45, 7) is 6.42. The van der Waals surface area contributed by atoms with E-state index in [1.54, 1.807) is 0 Å². The lowest BCUT2D eigenvalue weighted by atomic mass is 10.0. The van der Waals surface area contributed by atoms with Crippen molar-refractivity contribution in [3.05, 3.63) is 72.9 Å². The van der Waals surface area contributed by atoms with Gasteiger partial charge in [0.2, 0.25) is 0 Å². The Labute approximate surface area is 503 Å². The third-order valence-electron chi connectivity index (χ3n) is 15.7. The molecular formula is C75H134O6. The van der Waals surface area contributed by atoms with Crippen molar-refractivity contribution in [3.63, 3.8) is 0 Å². The number of carbonyl (C=O) groups excluding carboxylic acids is 3. The molecule has 0 aliphatic carbocycles. The van der Waals surface area contributed by atoms with Crippen molar-refractivity contribution >= 4 is 17.9 Å². The molecule has 0 saturated heterocycles. The highest BCUT2D eigenvalue weighted by Crippen LogP contribution is 2.19. The van der Waals surface area contributed by atoms with Crippen molar-refractivity contribution in [3.8, 4) is 0 Å². The van der Waals surface area contributed by atoms with E-state index in [1.165, 1.54) is 205 Å². The van der Waals surface area contributed by atoms with Crippen LogP contribution in [-0.2, 0) is 28.6 Å². The van der Waals surface area contributed by atoms with Crippen LogP contribution in [0.1, 0.15) is 367 Å². The van der Waals surface area contributed by atoms with Crippen LogP contribution in [0.4, 0.5) is 0 Å². The van der Waals surface area contributed by atoms with E-state index in [0.29, 0.717) is 19.3 Å². The molecule has 0 N–H and O–H groups in total. The minimum atomic E-state index is -0.797. The molecule has 0 bridgehead atoms. The molecule has 6 heteroatoms. The quantitative estimate of drug-likeness (QED) is 0.0261. The summed E-state index contributed by atoms with van der Waals surface area (Å²) in [5.74, 6) is -0.923. The van der Waals surface area contributed by atoms with Gasteiger partial charge in [0.05, 0.1) is 0 Å². The summed E-state index contributed by atoms with van der Waals surface area (Å²) in [5, 5.41) is 0. The largest absolute Gasteiger partial charge is 0.462 e. The molecule has 470 valence electrons. The molecule has 6 nitrogen and oxygen atoms in total. The lowest BCUT2D eigenvalue weighted by molar-refractivity contribution is -0.167. The van der Waals surface area contributed by atoms with Gasteiger partial charge in [-0.15, -0.1) is 0 Å². The van der Waals surface area contributed by atoms with Crippen molar-refractivity contribution < 1.29 is 28.6 Å². The standard InChI is InChI=1S/C75H134O6/c1-4-7-10-13-16-19-22-25-27-28-29-30-31-32-33-34-35-36-37-38-39-40-41-42-43-44-45-46-48-50-53-56-59-62-65-68-74(77)80-71-72(70-79-73(76)67-64-61-58-55-52-49-24-21-18-15-12-9-6-3)81-75(78)69-66-63-60-57-54-51-47-26-23-20-17-14-11-8-5-2/h8-9,11-12,17-18,20-21,26,47,49,52,72H,4-7,10,13-16,19,22-25,27-46,48,50-51,53-71H2,1-3H3/b11-8-,12-9-,20-17-,21-18-,47-26-,52-49-. The molecule has 0 radical (unpaired) electrons. The Balaban J connectivity index is 4.07. The SMILES string of the molecule is CC/C=C\C/C=C\C/C=C\CCCCCCCC(=O)OC(COC(=O)CCCCC/C=C\C/C=C\C/C=C\CC)COC(=O)CCCCCCCCCCCCCCCCCCCCCCCCCCCCCCCCCCCCC. The van der Waals surface area contributed by atoms with Crippen molar-refractivity contribution in [1.82, 2.24) is 0 Å². The minimum absolute atomic E-state index is 0.0896. The molecule has 0 aromatic heterocycles. The van der Waals surface area contributed by atoms with Gasteiger partial charge < -0.3 is 14.2 Å². The second-order valence-electron chi connectivity index (χ2n) is 23.7. The van der Waals surface area contributed by atoms with Crippen LogP contribution >= 0.6 is 0 Å². The van der Waals surface area contributed by atoms with Gasteiger partial charge in [-0.3, -0.25) is 14.4 Å². The monoisotopic (exact) mass is 1130 g/mol. The molecule has 1 unspecified atom stereocenters. The third kappa shape index (κ3) is 67.5. The molecule has 0 aliphatic rings. The molecule has 0 rings (SSSR count). The lowest BCUT2D eigenvalue weighted by Crippen LogP contribution is -2.30. The van der Waals surface area contributed by atoms with Crippen LogP contribution in [0, 0.1) is 0 Å². The predicted octanol–water partition coefficient (Wildman–Crippen LogP) is 24.4. The molecule has 1 atom stereocenters. The van der Waals surface area contributed by atoms with E-state index in [-0.39, 0.29) is 31.1 Å². The summed E-state index contributed by atoms with van der Waals surface area (Å²) in [5.41, 5.74) is 0. The molecule has 0 saturated carbocycles. The summed E-state index contributed by atoms with van der Waals surface area (Å²) >= 11 is 0. The summed E-state index contributed by atoms with van der Waals surface area (Å²) in [6.07, 6.45) is 91.2. The van der Waals surface area contributed by atoms with E-state index in [4.69, 9.17) is 14.2 Å². The summed E-state index contributed by atoms with van der Waals surface area (Å²) in [4.78, 5) is 38.3. The van der Waals surface area contributed by atoms with E-state index in [1.807, 2.05) is 0 Å². The molecule has 0 aliphatic heterocycles. The molecule has 0 heterocycles. The fourth-order valence-corrected chi connectivity index (χ4v) is 10.5. The number of hydrogen-bond donors (Lipinski definition) is 0. The first kappa shape index (κ1) is 77.9. The van der Waals surface area contributed by atoms with Gasteiger partial charge in [-0.05, 0) is 83.5 Å². The second-order valence-corrected chi connectivity index (χ2v) is 23.7. The normalized spacial score (nSPS) is 12.5. The highest BCUT2D eigenvalue weighted by molar-refractivity contribution is 5.71. The van der Waals surface area contributed by atoms with Crippen molar-refractivity contribution in [2.24, 2.45) is 0 Å². The van der Waals surface area contributed by atoms with E-state index in [2.05, 4.69) is 93.7 Å². The average molecular weight is 1130 g/mol. The smallest absolute Gasteiger partial charge is 0.306 e. The van der Waals surface area contributed by atoms with Crippen LogP contribution in [0.2, 0.25) is 0 Å². The molecule has 0 amide bonds. The summed E-state index contributed by atoms with van der Waals surface area (Å²) in [7, 11) is 0. The van der Waals surface area contributed by atoms with E-state index >= 15 is 0 Å². The molecule has 0 fully saturated rings. The zero-order valence-corrected chi connectivity index (χ0v) is 54.1. The number of unbranched alkanes of at least 4 members (excludes halogenated alkanes) is 42. The first-order valence-electron chi connectivity index (χ1n) is 35.4. The average Bonchev–Trinajstić information content (AvgIpc) is 3.46. The fourth-order valence-electron chi connectivity index (χ4n) is 10.5. The van der Waals surface area contributed by atoms with Crippen LogP contribution < -0.4 is 0 Å². The lowest BCUT2D eigenvalue weighted by Gasteiger charge is -2.18. The topological polar surface area (TPSA) is 78.9 Å². The molecule has 0 spiro atoms. The predicted molar refractivity (Wildman–Crippen MR) is 353 cm³/mol. The maximum absolute atomic E-state index is 12.9. The van der Waals surface area contributed by atoms with Gasteiger partial charge in [0.15, 0.2) is 6.10 Å². The zero-order chi connectivity index (χ0) is 58.5. The molecule has 81 heavy (non-hydrogen) atoms. The van der Waals surface area contributed by atoms with Crippen molar-refractivity contribution in [2.75, 3.05) is 13.2 Å². The number of rotatable bonds is 65. The molecule has 0 aromatic carbocycles. The summed E-state index contributed by atoms with van der Waals surface area (Å²) < 4.78 is 16.9. The number of allylic oxidation sites excluding steroid dienone is 12. The van der Waals surface area contributed by atoms with E-state index in [9.17, 15) is 14.4 Å². The van der Waals surface area contributed by atoms with Gasteiger partial charge in [-0.2, -0.15) is 0 Å². The fraction of sp³-hybridized carbons (Fsp3) is 0.800. The van der Waals surface area contributed by atoms with E-state index < -0.39 is 6.10 Å². The van der Waals surface area contributed by atoms with Crippen molar-refractivity contribution in [2.45, 2.75) is 374 Å². The Morgan fingerprint density at radius 1 is 0.259 bits per heavy atom. The van der Waals surface area contributed by atoms with Gasteiger partial charge in [0, 0.05) is 19.3 Å². The first-order chi connectivity index (χ1) is 40.0. The maximum Gasteiger partial charge on any atom is 0.306 e. The Hall–Kier alpha value is -3.15. The van der Waals surface area contributed by atoms with Gasteiger partial charge in [0.1, 0.15) is 13.2 Å². The van der Waals surface area contributed by atoms with Gasteiger partial charge in [-0.25, -0.2) is 0 Å². The first-order valence-corrected chi connectivity index (χ1v) is 35.4. The van der Waals surface area contributed by atoms with E-state index in [0.717, 1.165) is 122 Å². The Morgan fingerprint density at radius 2 is 0.481 bits per heavy atom. The van der Waals surface area contributed by atoms with Crippen molar-refractivity contribution in [1.29, 1.82) is 0 Å². The van der Waals surface area contributed by atoms with Gasteiger partial charge in [-0.1, -0.05) is 338 Å². The number of esters is 3.